The van der Waals surface area contributed by atoms with Gasteiger partial charge in [0.2, 0.25) is 0 Å². The first kappa shape index (κ1) is 11.9. The highest BCUT2D eigenvalue weighted by molar-refractivity contribution is 9.10. The summed E-state index contributed by atoms with van der Waals surface area (Å²) in [5.74, 6) is 0. The van der Waals surface area contributed by atoms with Crippen molar-refractivity contribution in [3.8, 4) is 0 Å². The van der Waals surface area contributed by atoms with E-state index in [1.165, 1.54) is 10.9 Å². The molecule has 0 unspecified atom stereocenters. The van der Waals surface area contributed by atoms with Crippen LogP contribution in [-0.4, -0.2) is 4.98 Å². The second kappa shape index (κ2) is 4.01. The Balaban J connectivity index is 2.90. The molecule has 0 atom stereocenters. The summed E-state index contributed by atoms with van der Waals surface area (Å²) in [5.41, 5.74) is 1.28. The molecule has 84 valence electrons. The molecule has 0 aliphatic carbocycles. The van der Waals surface area contributed by atoms with E-state index in [1.54, 1.807) is 0 Å². The summed E-state index contributed by atoms with van der Waals surface area (Å²) in [4.78, 5) is 4.27. The van der Waals surface area contributed by atoms with Crippen LogP contribution in [0.3, 0.4) is 0 Å². The number of aromatic nitrogens is 1. The lowest BCUT2D eigenvalue weighted by Crippen LogP contribution is -2.12. The van der Waals surface area contributed by atoms with Crippen molar-refractivity contribution in [3.63, 3.8) is 0 Å². The van der Waals surface area contributed by atoms with Gasteiger partial charge in [0.15, 0.2) is 0 Å². The number of pyridine rings is 1. The van der Waals surface area contributed by atoms with E-state index in [0.29, 0.717) is 5.15 Å². The Labute approximate surface area is 109 Å². The number of benzene rings is 1. The van der Waals surface area contributed by atoms with Crippen LogP contribution >= 0.6 is 27.5 Å². The third-order valence-corrected chi connectivity index (χ3v) is 3.57. The number of rotatable bonds is 0. The summed E-state index contributed by atoms with van der Waals surface area (Å²) < 4.78 is 0.994. The molecular formula is C13H13BrClN. The van der Waals surface area contributed by atoms with Gasteiger partial charge in [0.05, 0.1) is 0 Å². The summed E-state index contributed by atoms with van der Waals surface area (Å²) in [7, 11) is 0. The molecule has 16 heavy (non-hydrogen) atoms. The summed E-state index contributed by atoms with van der Waals surface area (Å²) in [6.45, 7) is 6.54. The average Bonchev–Trinajstić information content (AvgIpc) is 2.16. The van der Waals surface area contributed by atoms with Gasteiger partial charge in [-0.25, -0.2) is 4.98 Å². The molecule has 0 saturated heterocycles. The van der Waals surface area contributed by atoms with E-state index in [4.69, 9.17) is 11.6 Å². The van der Waals surface area contributed by atoms with Crippen molar-refractivity contribution in [3.05, 3.63) is 39.6 Å². The van der Waals surface area contributed by atoms with E-state index >= 15 is 0 Å². The number of hydrogen-bond acceptors (Lipinski definition) is 1. The molecule has 0 saturated carbocycles. The Hall–Kier alpha value is -0.600. The molecule has 0 spiro atoms. The summed E-state index contributed by atoms with van der Waals surface area (Å²) in [6.07, 6.45) is 1.87. The molecule has 0 aliphatic heterocycles. The minimum Gasteiger partial charge on any atom is -0.244 e. The minimum atomic E-state index is 0.0661. The maximum Gasteiger partial charge on any atom is 0.137 e. The predicted octanol–water partition coefficient (Wildman–Crippen LogP) is 4.95. The number of hydrogen-bond donors (Lipinski definition) is 0. The van der Waals surface area contributed by atoms with Crippen LogP contribution in [0.2, 0.25) is 5.15 Å². The van der Waals surface area contributed by atoms with Crippen molar-refractivity contribution in [2.75, 3.05) is 0 Å². The van der Waals surface area contributed by atoms with Gasteiger partial charge >= 0.3 is 0 Å². The average molecular weight is 299 g/mol. The van der Waals surface area contributed by atoms with Gasteiger partial charge in [0.25, 0.3) is 0 Å². The Morgan fingerprint density at radius 1 is 1.25 bits per heavy atom. The second-order valence-corrected chi connectivity index (χ2v) is 6.09. The largest absolute Gasteiger partial charge is 0.244 e. The molecule has 0 radical (unpaired) electrons. The van der Waals surface area contributed by atoms with Crippen molar-refractivity contribution in [1.29, 1.82) is 0 Å². The van der Waals surface area contributed by atoms with Gasteiger partial charge < -0.3 is 0 Å². The zero-order valence-corrected chi connectivity index (χ0v) is 11.9. The van der Waals surface area contributed by atoms with E-state index in [9.17, 15) is 0 Å². The molecule has 0 aliphatic rings. The smallest absolute Gasteiger partial charge is 0.137 e. The topological polar surface area (TPSA) is 12.9 Å². The van der Waals surface area contributed by atoms with E-state index < -0.39 is 0 Å². The van der Waals surface area contributed by atoms with Gasteiger partial charge in [-0.2, -0.15) is 0 Å². The van der Waals surface area contributed by atoms with Crippen molar-refractivity contribution in [1.82, 2.24) is 4.98 Å². The molecule has 1 nitrogen and oxygen atoms in total. The fourth-order valence-electron chi connectivity index (χ4n) is 1.81. The van der Waals surface area contributed by atoms with Gasteiger partial charge in [-0.05, 0) is 22.4 Å². The normalized spacial score (nSPS) is 12.1. The number of fused-ring (bicyclic) bond motifs is 1. The van der Waals surface area contributed by atoms with E-state index in [2.05, 4.69) is 47.8 Å². The fourth-order valence-corrected chi connectivity index (χ4v) is 2.73. The van der Waals surface area contributed by atoms with Crippen molar-refractivity contribution in [2.24, 2.45) is 0 Å². The molecule has 0 amide bonds. The molecule has 0 fully saturated rings. The summed E-state index contributed by atoms with van der Waals surface area (Å²) in [5, 5.41) is 2.72. The van der Waals surface area contributed by atoms with Crippen molar-refractivity contribution < 1.29 is 0 Å². The van der Waals surface area contributed by atoms with Crippen molar-refractivity contribution in [2.45, 2.75) is 26.2 Å². The van der Waals surface area contributed by atoms with Crippen LogP contribution in [0.15, 0.2) is 28.9 Å². The van der Waals surface area contributed by atoms with Crippen molar-refractivity contribution >= 4 is 38.3 Å². The van der Waals surface area contributed by atoms with Gasteiger partial charge in [0.1, 0.15) is 5.15 Å². The first-order chi connectivity index (χ1) is 7.41. The first-order valence-electron chi connectivity index (χ1n) is 5.14. The Morgan fingerprint density at radius 2 is 1.94 bits per heavy atom. The molecule has 2 rings (SSSR count). The Morgan fingerprint density at radius 3 is 2.56 bits per heavy atom. The third-order valence-electron chi connectivity index (χ3n) is 2.63. The molecule has 1 heterocycles. The first-order valence-corrected chi connectivity index (χ1v) is 6.31. The van der Waals surface area contributed by atoms with Crippen LogP contribution in [0.4, 0.5) is 0 Å². The van der Waals surface area contributed by atoms with Gasteiger partial charge in [0, 0.05) is 16.1 Å². The lowest BCUT2D eigenvalue weighted by atomic mass is 9.85. The summed E-state index contributed by atoms with van der Waals surface area (Å²) in [6, 6.07) is 6.11. The van der Waals surface area contributed by atoms with E-state index in [-0.39, 0.29) is 5.41 Å². The zero-order valence-electron chi connectivity index (χ0n) is 9.51. The number of halogens is 2. The third kappa shape index (κ3) is 1.96. The van der Waals surface area contributed by atoms with E-state index in [0.717, 1.165) is 9.86 Å². The lowest BCUT2D eigenvalue weighted by molar-refractivity contribution is 0.593. The van der Waals surface area contributed by atoms with Crippen LogP contribution in [0.25, 0.3) is 10.8 Å². The molecular weight excluding hydrogens is 286 g/mol. The maximum atomic E-state index is 6.14. The second-order valence-electron chi connectivity index (χ2n) is 4.88. The zero-order chi connectivity index (χ0) is 11.9. The molecule has 1 aromatic carbocycles. The highest BCUT2D eigenvalue weighted by atomic mass is 79.9. The van der Waals surface area contributed by atoms with Gasteiger partial charge in [-0.1, -0.05) is 60.4 Å². The van der Waals surface area contributed by atoms with Crippen LogP contribution in [0.1, 0.15) is 26.3 Å². The standard InChI is InChI=1S/C13H13BrClN/c1-13(2,3)9-7-16-12(15)11-8(9)5-4-6-10(11)14/h4-7H,1-3H3. The molecule has 0 bridgehead atoms. The Kier molecular flexibility index (Phi) is 2.97. The lowest BCUT2D eigenvalue weighted by Gasteiger charge is -2.21. The van der Waals surface area contributed by atoms with Crippen LogP contribution in [0.5, 0.6) is 0 Å². The van der Waals surface area contributed by atoms with Crippen LogP contribution < -0.4 is 0 Å². The molecule has 3 heteroatoms. The van der Waals surface area contributed by atoms with Crippen LogP contribution in [-0.2, 0) is 5.41 Å². The van der Waals surface area contributed by atoms with Gasteiger partial charge in [-0.15, -0.1) is 0 Å². The Bertz CT molecular complexity index is 535. The highest BCUT2D eigenvalue weighted by Gasteiger charge is 2.19. The predicted molar refractivity (Wildman–Crippen MR) is 73.2 cm³/mol. The quantitative estimate of drug-likeness (QED) is 0.627. The van der Waals surface area contributed by atoms with Crippen LogP contribution in [0, 0.1) is 0 Å². The fraction of sp³-hybridized carbons (Fsp3) is 0.308. The molecule has 2 aromatic rings. The maximum absolute atomic E-state index is 6.14. The monoisotopic (exact) mass is 297 g/mol. The van der Waals surface area contributed by atoms with E-state index in [1.807, 2.05) is 18.3 Å². The SMILES string of the molecule is CC(C)(C)c1cnc(Cl)c2c(Br)cccc12. The van der Waals surface area contributed by atoms with Gasteiger partial charge in [-0.3, -0.25) is 0 Å². The summed E-state index contributed by atoms with van der Waals surface area (Å²) >= 11 is 9.67. The molecule has 0 N–H and O–H groups in total. The minimum absolute atomic E-state index is 0.0661. The number of nitrogens with zero attached hydrogens (tertiary/aromatic N) is 1. The highest BCUT2D eigenvalue weighted by Crippen LogP contribution is 2.35. The molecule has 1 aromatic heterocycles.